The molecule has 0 saturated carbocycles. The lowest BCUT2D eigenvalue weighted by Gasteiger charge is -2.27. The first kappa shape index (κ1) is 26.9. The number of amides is 2. The summed E-state index contributed by atoms with van der Waals surface area (Å²) in [4.78, 5) is 30.7. The van der Waals surface area contributed by atoms with E-state index in [2.05, 4.69) is 10.3 Å². The van der Waals surface area contributed by atoms with Crippen LogP contribution in [0.3, 0.4) is 0 Å². The van der Waals surface area contributed by atoms with Crippen molar-refractivity contribution in [3.05, 3.63) is 83.8 Å². The molecule has 1 aliphatic rings. The highest BCUT2D eigenvalue weighted by Crippen LogP contribution is 2.29. The molecule has 1 aliphatic heterocycles. The van der Waals surface area contributed by atoms with Crippen molar-refractivity contribution in [3.8, 4) is 16.9 Å². The summed E-state index contributed by atoms with van der Waals surface area (Å²) in [6.45, 7) is 2.39. The van der Waals surface area contributed by atoms with Gasteiger partial charge in [-0.25, -0.2) is 9.37 Å². The summed E-state index contributed by atoms with van der Waals surface area (Å²) in [7, 11) is 3.66. The topological polar surface area (TPSA) is 107 Å². The van der Waals surface area contributed by atoms with Crippen LogP contribution >= 0.6 is 0 Å². The second-order valence-electron chi connectivity index (χ2n) is 9.55. The average molecular weight is 514 g/mol. The van der Waals surface area contributed by atoms with Gasteiger partial charge in [-0.15, -0.1) is 0 Å². The second-order valence-corrected chi connectivity index (χ2v) is 9.55. The van der Waals surface area contributed by atoms with Gasteiger partial charge in [0.25, 0.3) is 5.91 Å². The molecule has 4 rings (SSSR count). The number of carbonyl (C=O) groups excluding carboxylic acids is 2. The van der Waals surface area contributed by atoms with Crippen LogP contribution in [0.4, 0.5) is 10.2 Å². The van der Waals surface area contributed by atoms with Crippen molar-refractivity contribution in [1.82, 2.24) is 15.2 Å². The SMILES string of the molecule is BC(B)(CNC(=O)/C=C/c1ccc(N)nc1)Oc1ccc(F)c(-c2ccc(C(=O)N3CCOCC3)cc2)c1. The summed E-state index contributed by atoms with van der Waals surface area (Å²) < 4.78 is 26.1. The number of nitrogen functional groups attached to an aromatic ring is 1. The van der Waals surface area contributed by atoms with E-state index in [-0.39, 0.29) is 18.4 Å². The van der Waals surface area contributed by atoms with E-state index in [1.807, 2.05) is 15.7 Å². The molecule has 0 aliphatic carbocycles. The van der Waals surface area contributed by atoms with Crippen molar-refractivity contribution >= 4 is 39.4 Å². The van der Waals surface area contributed by atoms with Crippen LogP contribution < -0.4 is 15.8 Å². The van der Waals surface area contributed by atoms with Gasteiger partial charge >= 0.3 is 0 Å². The molecule has 3 N–H and O–H groups in total. The van der Waals surface area contributed by atoms with Crippen molar-refractivity contribution in [1.29, 1.82) is 0 Å². The number of aromatic nitrogens is 1. The van der Waals surface area contributed by atoms with E-state index in [4.69, 9.17) is 15.2 Å². The lowest BCUT2D eigenvalue weighted by molar-refractivity contribution is -0.116. The second kappa shape index (κ2) is 12.0. The van der Waals surface area contributed by atoms with Crippen LogP contribution in [-0.2, 0) is 9.53 Å². The molecule has 8 nitrogen and oxygen atoms in total. The third-order valence-electron chi connectivity index (χ3n) is 6.00. The molecule has 0 spiro atoms. The Kier molecular flexibility index (Phi) is 8.48. The molecule has 0 atom stereocenters. The van der Waals surface area contributed by atoms with Gasteiger partial charge in [0, 0.05) is 43.0 Å². The molecule has 38 heavy (non-hydrogen) atoms. The Morgan fingerprint density at radius 2 is 1.87 bits per heavy atom. The van der Waals surface area contributed by atoms with E-state index in [1.165, 1.54) is 12.1 Å². The van der Waals surface area contributed by atoms with Gasteiger partial charge < -0.3 is 25.4 Å². The summed E-state index contributed by atoms with van der Waals surface area (Å²) in [5, 5.41) is 2.04. The number of rotatable bonds is 8. The zero-order valence-electron chi connectivity index (χ0n) is 21.4. The standard InChI is InChI=1S/C27H29B2FN4O4/c28-27(29,17-33-25(35)10-2-18-1-9-24(31)32-16-18)38-21-7-8-23(30)22(15-21)19-3-5-20(6-4-19)26(36)34-11-13-37-14-12-34/h1-10,15-16H,11-14,17,28-29H2,(H2,31,32)(H,33,35)/b10-2+. The average Bonchev–Trinajstić information content (AvgIpc) is 2.93. The van der Waals surface area contributed by atoms with Crippen molar-refractivity contribution in [3.63, 3.8) is 0 Å². The molecule has 0 unspecified atom stereocenters. The van der Waals surface area contributed by atoms with Gasteiger partial charge in [0.15, 0.2) is 0 Å². The molecule has 11 heteroatoms. The number of morpholine rings is 1. The Morgan fingerprint density at radius 1 is 1.13 bits per heavy atom. The van der Waals surface area contributed by atoms with Gasteiger partial charge in [0.2, 0.25) is 5.91 Å². The number of halogens is 1. The summed E-state index contributed by atoms with van der Waals surface area (Å²) >= 11 is 0. The zero-order chi connectivity index (χ0) is 27.1. The fourth-order valence-corrected chi connectivity index (χ4v) is 3.93. The molecule has 3 aromatic rings. The smallest absolute Gasteiger partial charge is 0.254 e. The van der Waals surface area contributed by atoms with Gasteiger partial charge in [-0.3, -0.25) is 9.59 Å². The molecular weight excluding hydrogens is 485 g/mol. The minimum absolute atomic E-state index is 0.0684. The van der Waals surface area contributed by atoms with Crippen molar-refractivity contribution in [2.45, 2.75) is 5.40 Å². The summed E-state index contributed by atoms with van der Waals surface area (Å²) in [6, 6.07) is 14.8. The lowest BCUT2D eigenvalue weighted by atomic mass is 9.65. The van der Waals surface area contributed by atoms with Gasteiger partial charge in [0.1, 0.15) is 33.1 Å². The van der Waals surface area contributed by atoms with Crippen LogP contribution in [0.5, 0.6) is 5.75 Å². The number of hydrogen-bond donors (Lipinski definition) is 2. The maximum absolute atomic E-state index is 14.7. The fraction of sp³-hybridized carbons (Fsp3) is 0.222. The Bertz CT molecular complexity index is 1310. The highest BCUT2D eigenvalue weighted by molar-refractivity contribution is 6.39. The van der Waals surface area contributed by atoms with Crippen LogP contribution in [0.25, 0.3) is 17.2 Å². The number of anilines is 1. The van der Waals surface area contributed by atoms with Crippen molar-refractivity contribution in [2.75, 3.05) is 38.6 Å². The number of nitrogens with one attached hydrogen (secondary N) is 1. The molecule has 1 saturated heterocycles. The van der Waals surface area contributed by atoms with Gasteiger partial charge in [-0.1, -0.05) is 12.1 Å². The fourth-order valence-electron chi connectivity index (χ4n) is 3.93. The Hall–Kier alpha value is -4.11. The summed E-state index contributed by atoms with van der Waals surface area (Å²) in [6.07, 6.45) is 4.63. The van der Waals surface area contributed by atoms with Crippen LogP contribution in [-0.4, -0.2) is 75.6 Å². The quantitative estimate of drug-likeness (QED) is 0.344. The molecule has 194 valence electrons. The van der Waals surface area contributed by atoms with Gasteiger partial charge in [0.05, 0.1) is 18.6 Å². The minimum atomic E-state index is -0.768. The summed E-state index contributed by atoms with van der Waals surface area (Å²) in [5.41, 5.74) is 7.84. The molecule has 2 aromatic carbocycles. The molecule has 2 amide bonds. The first-order chi connectivity index (χ1) is 18.2. The third kappa shape index (κ3) is 7.23. The monoisotopic (exact) mass is 514 g/mol. The Balaban J connectivity index is 1.38. The Morgan fingerprint density at radius 3 is 2.55 bits per heavy atom. The molecule has 0 radical (unpaired) electrons. The van der Waals surface area contributed by atoms with Crippen LogP contribution in [0.1, 0.15) is 15.9 Å². The molecule has 0 bridgehead atoms. The molecule has 1 fully saturated rings. The van der Waals surface area contributed by atoms with E-state index >= 15 is 0 Å². The molecule has 1 aromatic heterocycles. The highest BCUT2D eigenvalue weighted by atomic mass is 19.1. The summed E-state index contributed by atoms with van der Waals surface area (Å²) in [5.74, 6) is 0.104. The predicted molar refractivity (Wildman–Crippen MR) is 150 cm³/mol. The molecule has 2 heterocycles. The van der Waals surface area contributed by atoms with E-state index in [0.717, 1.165) is 5.56 Å². The minimum Gasteiger partial charge on any atom is -0.504 e. The number of nitrogens with zero attached hydrogens (tertiary/aromatic N) is 2. The lowest BCUT2D eigenvalue weighted by Crippen LogP contribution is -2.48. The van der Waals surface area contributed by atoms with E-state index in [0.29, 0.717) is 54.6 Å². The maximum atomic E-state index is 14.7. The van der Waals surface area contributed by atoms with Gasteiger partial charge in [-0.2, -0.15) is 0 Å². The number of hydrogen-bond acceptors (Lipinski definition) is 6. The number of nitrogens with two attached hydrogens (primary N) is 1. The van der Waals surface area contributed by atoms with Crippen molar-refractivity contribution in [2.24, 2.45) is 0 Å². The highest BCUT2D eigenvalue weighted by Gasteiger charge is 2.22. The zero-order valence-corrected chi connectivity index (χ0v) is 21.4. The van der Waals surface area contributed by atoms with Crippen LogP contribution in [0.2, 0.25) is 0 Å². The largest absolute Gasteiger partial charge is 0.504 e. The van der Waals surface area contributed by atoms with E-state index in [9.17, 15) is 14.0 Å². The normalized spacial score (nSPS) is 13.9. The number of benzene rings is 2. The number of carbonyl (C=O) groups is 2. The van der Waals surface area contributed by atoms with Crippen molar-refractivity contribution < 1.29 is 23.5 Å². The maximum Gasteiger partial charge on any atom is 0.254 e. The van der Waals surface area contributed by atoms with Gasteiger partial charge in [-0.05, 0) is 59.7 Å². The predicted octanol–water partition coefficient (Wildman–Crippen LogP) is 1.07. The number of pyridine rings is 1. The number of ether oxygens (including phenoxy) is 2. The van der Waals surface area contributed by atoms with E-state index < -0.39 is 11.2 Å². The first-order valence-corrected chi connectivity index (χ1v) is 12.3. The third-order valence-corrected chi connectivity index (χ3v) is 6.00. The van der Waals surface area contributed by atoms with Crippen LogP contribution in [0, 0.1) is 5.82 Å². The Labute approximate surface area is 222 Å². The van der Waals surface area contributed by atoms with E-state index in [1.54, 1.807) is 65.7 Å². The van der Waals surface area contributed by atoms with Crippen LogP contribution in [0.15, 0.2) is 66.9 Å². The molecular formula is C27H29B2FN4O4. The first-order valence-electron chi connectivity index (χ1n) is 12.3.